The summed E-state index contributed by atoms with van der Waals surface area (Å²) in [6, 6.07) is 11.6. The van der Waals surface area contributed by atoms with Crippen LogP contribution < -0.4 is 16.8 Å². The third kappa shape index (κ3) is 3.99. The smallest absolute Gasteiger partial charge is 0.0575 e. The minimum atomic E-state index is 0.678. The van der Waals surface area contributed by atoms with Gasteiger partial charge in [-0.25, -0.2) is 0 Å². The highest BCUT2D eigenvalue weighted by Crippen LogP contribution is 2.24. The summed E-state index contributed by atoms with van der Waals surface area (Å²) in [5.74, 6) is 0.949. The van der Waals surface area contributed by atoms with Crippen LogP contribution in [0.5, 0.6) is 0 Å². The zero-order chi connectivity index (χ0) is 14.5. The molecule has 5 N–H and O–H groups in total. The maximum Gasteiger partial charge on any atom is 0.0575 e. The van der Waals surface area contributed by atoms with Crippen molar-refractivity contribution in [1.29, 1.82) is 0 Å². The van der Waals surface area contributed by atoms with Gasteiger partial charge >= 0.3 is 0 Å². The quantitative estimate of drug-likeness (QED) is 0.443. The third-order valence-corrected chi connectivity index (χ3v) is 4.31. The first-order valence-corrected chi connectivity index (χ1v) is 7.70. The molecule has 2 aromatic rings. The molecule has 106 valence electrons. The predicted octanol–water partition coefficient (Wildman–Crippen LogP) is 4.02. The van der Waals surface area contributed by atoms with Gasteiger partial charge in [0.05, 0.1) is 11.4 Å². The van der Waals surface area contributed by atoms with Crippen LogP contribution in [-0.4, -0.2) is 12.3 Å². The van der Waals surface area contributed by atoms with Crippen LogP contribution >= 0.6 is 23.4 Å². The fraction of sp³-hybridized carbons (Fsp3) is 0.200. The van der Waals surface area contributed by atoms with Crippen LogP contribution in [0.1, 0.15) is 5.56 Å². The molecule has 0 bridgehead atoms. The van der Waals surface area contributed by atoms with E-state index >= 15 is 0 Å². The van der Waals surface area contributed by atoms with Crippen LogP contribution in [0.15, 0.2) is 41.3 Å². The summed E-state index contributed by atoms with van der Waals surface area (Å²) < 4.78 is 0. The van der Waals surface area contributed by atoms with Crippen LogP contribution in [0.3, 0.4) is 0 Å². The molecule has 3 nitrogen and oxygen atoms in total. The first kappa shape index (κ1) is 14.9. The number of aryl methyl sites for hydroxylation is 1. The minimum Gasteiger partial charge on any atom is -0.399 e. The van der Waals surface area contributed by atoms with Crippen LogP contribution in [0.4, 0.5) is 17.1 Å². The summed E-state index contributed by atoms with van der Waals surface area (Å²) in [6.45, 7) is 2.85. The van der Waals surface area contributed by atoms with E-state index in [9.17, 15) is 0 Å². The summed E-state index contributed by atoms with van der Waals surface area (Å²) in [4.78, 5) is 1.22. The molecular formula is C15H18ClN3S. The molecular weight excluding hydrogens is 290 g/mol. The molecule has 0 radical (unpaired) electrons. The average molecular weight is 308 g/mol. The minimum absolute atomic E-state index is 0.678. The molecule has 2 aromatic carbocycles. The Labute approximate surface area is 128 Å². The van der Waals surface area contributed by atoms with Crippen LogP contribution in [-0.2, 0) is 0 Å². The molecule has 0 heterocycles. The van der Waals surface area contributed by atoms with Crippen LogP contribution in [0, 0.1) is 6.92 Å². The van der Waals surface area contributed by atoms with E-state index in [1.54, 1.807) is 17.8 Å². The number of nitrogens with one attached hydrogen (secondary N) is 1. The molecule has 0 spiro atoms. The molecule has 0 aliphatic rings. The van der Waals surface area contributed by atoms with Gasteiger partial charge in [-0.3, -0.25) is 0 Å². The van der Waals surface area contributed by atoms with Gasteiger partial charge in [0, 0.05) is 27.9 Å². The Morgan fingerprint density at radius 1 is 1.15 bits per heavy atom. The van der Waals surface area contributed by atoms with E-state index in [2.05, 4.69) is 11.4 Å². The average Bonchev–Trinajstić information content (AvgIpc) is 2.40. The number of hydrogen-bond acceptors (Lipinski definition) is 4. The number of halogens is 1. The van der Waals surface area contributed by atoms with E-state index in [1.807, 2.05) is 31.2 Å². The first-order valence-electron chi connectivity index (χ1n) is 6.34. The fourth-order valence-electron chi connectivity index (χ4n) is 1.80. The van der Waals surface area contributed by atoms with E-state index in [0.717, 1.165) is 28.6 Å². The molecule has 2 rings (SSSR count). The Morgan fingerprint density at radius 3 is 2.65 bits per heavy atom. The topological polar surface area (TPSA) is 64.1 Å². The highest BCUT2D eigenvalue weighted by Gasteiger charge is 2.00. The predicted molar refractivity (Wildman–Crippen MR) is 90.7 cm³/mol. The van der Waals surface area contributed by atoms with Crippen molar-refractivity contribution >= 4 is 40.4 Å². The molecule has 0 saturated heterocycles. The molecule has 0 aliphatic carbocycles. The number of benzene rings is 2. The number of thioether (sulfide) groups is 1. The number of nitrogen functional groups attached to an aromatic ring is 2. The summed E-state index contributed by atoms with van der Waals surface area (Å²) in [5.41, 5.74) is 14.9. The second-order valence-corrected chi connectivity index (χ2v) is 6.11. The highest BCUT2D eigenvalue weighted by molar-refractivity contribution is 7.99. The van der Waals surface area contributed by atoms with Crippen LogP contribution in [0.25, 0.3) is 0 Å². The summed E-state index contributed by atoms with van der Waals surface area (Å²) >= 11 is 7.79. The van der Waals surface area contributed by atoms with E-state index in [0.29, 0.717) is 11.4 Å². The standard InChI is InChI=1S/C15H18ClN3S/c1-10-8-12(3-4-13(10)16)20-7-6-19-15-5-2-11(17)9-14(15)18/h2-5,8-9,19H,6-7,17-18H2,1H3. The summed E-state index contributed by atoms with van der Waals surface area (Å²) in [6.07, 6.45) is 0. The van der Waals surface area contributed by atoms with Crippen molar-refractivity contribution in [1.82, 2.24) is 0 Å². The molecule has 0 saturated carbocycles. The molecule has 5 heteroatoms. The summed E-state index contributed by atoms with van der Waals surface area (Å²) in [5, 5.41) is 4.12. The van der Waals surface area contributed by atoms with Crippen molar-refractivity contribution in [2.24, 2.45) is 0 Å². The monoisotopic (exact) mass is 307 g/mol. The Balaban J connectivity index is 1.82. The largest absolute Gasteiger partial charge is 0.399 e. The lowest BCUT2D eigenvalue weighted by atomic mass is 10.2. The Morgan fingerprint density at radius 2 is 1.95 bits per heavy atom. The molecule has 0 atom stereocenters. The van der Waals surface area contributed by atoms with Gasteiger partial charge in [0.15, 0.2) is 0 Å². The summed E-state index contributed by atoms with van der Waals surface area (Å²) in [7, 11) is 0. The lowest BCUT2D eigenvalue weighted by Crippen LogP contribution is -2.06. The molecule has 20 heavy (non-hydrogen) atoms. The van der Waals surface area contributed by atoms with Crippen molar-refractivity contribution in [3.8, 4) is 0 Å². The lowest BCUT2D eigenvalue weighted by molar-refractivity contribution is 1.22. The van der Waals surface area contributed by atoms with E-state index in [1.165, 1.54) is 4.90 Å². The number of rotatable bonds is 5. The second-order valence-electron chi connectivity index (χ2n) is 4.53. The maximum atomic E-state index is 6.01. The first-order chi connectivity index (χ1) is 9.56. The highest BCUT2D eigenvalue weighted by atomic mass is 35.5. The van der Waals surface area contributed by atoms with Crippen molar-refractivity contribution in [3.63, 3.8) is 0 Å². The SMILES string of the molecule is Cc1cc(SCCNc2ccc(N)cc2N)ccc1Cl. The fourth-order valence-corrected chi connectivity index (χ4v) is 2.79. The van der Waals surface area contributed by atoms with Gasteiger partial charge in [0.1, 0.15) is 0 Å². The second kappa shape index (κ2) is 6.77. The Bertz CT molecular complexity index is 602. The Kier molecular flexibility index (Phi) is 5.04. The lowest BCUT2D eigenvalue weighted by Gasteiger charge is -2.10. The van der Waals surface area contributed by atoms with Gasteiger partial charge in [-0.15, -0.1) is 11.8 Å². The molecule has 0 aromatic heterocycles. The van der Waals surface area contributed by atoms with Crippen molar-refractivity contribution < 1.29 is 0 Å². The van der Waals surface area contributed by atoms with Gasteiger partial charge in [0.2, 0.25) is 0 Å². The normalized spacial score (nSPS) is 10.5. The van der Waals surface area contributed by atoms with E-state index in [-0.39, 0.29) is 0 Å². The third-order valence-electron chi connectivity index (χ3n) is 2.89. The number of anilines is 3. The van der Waals surface area contributed by atoms with Gasteiger partial charge in [-0.05, 0) is 48.9 Å². The maximum absolute atomic E-state index is 6.01. The molecule has 0 fully saturated rings. The van der Waals surface area contributed by atoms with E-state index in [4.69, 9.17) is 23.1 Å². The molecule has 0 amide bonds. The van der Waals surface area contributed by atoms with Crippen molar-refractivity contribution in [2.75, 3.05) is 29.1 Å². The molecule has 0 aliphatic heterocycles. The number of hydrogen-bond donors (Lipinski definition) is 3. The van der Waals surface area contributed by atoms with E-state index < -0.39 is 0 Å². The van der Waals surface area contributed by atoms with Gasteiger partial charge in [-0.1, -0.05) is 11.6 Å². The zero-order valence-electron chi connectivity index (χ0n) is 11.3. The van der Waals surface area contributed by atoms with Crippen LogP contribution in [0.2, 0.25) is 5.02 Å². The van der Waals surface area contributed by atoms with Gasteiger partial charge in [-0.2, -0.15) is 0 Å². The van der Waals surface area contributed by atoms with Gasteiger partial charge in [0.25, 0.3) is 0 Å². The Hall–Kier alpha value is -1.52. The van der Waals surface area contributed by atoms with Crippen molar-refractivity contribution in [3.05, 3.63) is 47.0 Å². The number of nitrogens with two attached hydrogens (primary N) is 2. The molecule has 0 unspecified atom stereocenters. The van der Waals surface area contributed by atoms with Gasteiger partial charge < -0.3 is 16.8 Å². The van der Waals surface area contributed by atoms with Crippen molar-refractivity contribution in [2.45, 2.75) is 11.8 Å². The zero-order valence-corrected chi connectivity index (χ0v) is 12.9.